The van der Waals surface area contributed by atoms with Gasteiger partial charge in [-0.25, -0.2) is 4.98 Å². The fourth-order valence-electron chi connectivity index (χ4n) is 3.24. The van der Waals surface area contributed by atoms with E-state index in [2.05, 4.69) is 38.9 Å². The van der Waals surface area contributed by atoms with Crippen molar-refractivity contribution in [2.75, 3.05) is 31.4 Å². The van der Waals surface area contributed by atoms with Crippen LogP contribution in [-0.2, 0) is 0 Å². The summed E-state index contributed by atoms with van der Waals surface area (Å²) in [7, 11) is 2.46. The standard InChI is InChI=1S/C22H18ClN5S.C4H11N.CH3F/c1-12-4-6-16(7-5-12)26-22-28-21-20(29-22)19(15(10-24)11-25-21)27-18-9-17(23)13(2)8-14(18)3;1-3-4-5-2;1-2/h4-9,11H,1-3H3,(H2,25,26,27,28);5H,3-4H2,1-2H3;1H3. The van der Waals surface area contributed by atoms with Gasteiger partial charge in [0.2, 0.25) is 0 Å². The number of benzene rings is 2. The molecule has 0 atom stereocenters. The second-order valence-corrected chi connectivity index (χ2v) is 9.37. The molecule has 0 amide bonds. The van der Waals surface area contributed by atoms with E-state index in [0.29, 0.717) is 34.2 Å². The van der Waals surface area contributed by atoms with Crippen LogP contribution in [0.3, 0.4) is 0 Å². The number of hydrogen-bond acceptors (Lipinski definition) is 7. The molecule has 0 spiro atoms. The second kappa shape index (κ2) is 14.3. The first kappa shape index (κ1) is 29.0. The van der Waals surface area contributed by atoms with Crippen molar-refractivity contribution < 1.29 is 4.39 Å². The monoisotopic (exact) mass is 526 g/mol. The number of hydrogen-bond donors (Lipinski definition) is 3. The van der Waals surface area contributed by atoms with E-state index >= 15 is 0 Å². The van der Waals surface area contributed by atoms with E-state index < -0.39 is 0 Å². The van der Waals surface area contributed by atoms with Crippen LogP contribution in [0.25, 0.3) is 10.3 Å². The number of halogens is 2. The van der Waals surface area contributed by atoms with Gasteiger partial charge in [-0.05, 0) is 70.1 Å². The number of nitrogens with one attached hydrogen (secondary N) is 3. The lowest BCUT2D eigenvalue weighted by Gasteiger charge is -2.13. The smallest absolute Gasteiger partial charge is 0.189 e. The molecule has 0 radical (unpaired) electrons. The van der Waals surface area contributed by atoms with Gasteiger partial charge < -0.3 is 16.0 Å². The Morgan fingerprint density at radius 1 is 1.06 bits per heavy atom. The largest absolute Gasteiger partial charge is 0.353 e. The van der Waals surface area contributed by atoms with E-state index in [4.69, 9.17) is 11.6 Å². The van der Waals surface area contributed by atoms with Crippen LogP contribution in [0.2, 0.25) is 5.02 Å². The van der Waals surface area contributed by atoms with Crippen LogP contribution in [-0.4, -0.2) is 30.7 Å². The Morgan fingerprint density at radius 3 is 2.33 bits per heavy atom. The maximum absolute atomic E-state index is 9.60. The molecule has 36 heavy (non-hydrogen) atoms. The van der Waals surface area contributed by atoms with Crippen molar-refractivity contribution in [2.45, 2.75) is 34.1 Å². The van der Waals surface area contributed by atoms with Gasteiger partial charge in [-0.3, -0.25) is 4.39 Å². The van der Waals surface area contributed by atoms with Gasteiger partial charge in [-0.15, -0.1) is 0 Å². The number of alkyl halides is 1. The van der Waals surface area contributed by atoms with Crippen LogP contribution < -0.4 is 16.0 Å². The summed E-state index contributed by atoms with van der Waals surface area (Å²) >= 11 is 7.77. The molecule has 4 rings (SSSR count). The molecule has 0 fully saturated rings. The highest BCUT2D eigenvalue weighted by atomic mass is 35.5. The summed E-state index contributed by atoms with van der Waals surface area (Å²) in [4.78, 5) is 8.94. The van der Waals surface area contributed by atoms with Crippen molar-refractivity contribution in [3.05, 3.63) is 69.9 Å². The fraction of sp³-hybridized carbons (Fsp3) is 0.296. The predicted octanol–water partition coefficient (Wildman–Crippen LogP) is 7.83. The number of aromatic nitrogens is 2. The van der Waals surface area contributed by atoms with Crippen molar-refractivity contribution in [1.29, 1.82) is 5.26 Å². The first-order valence-corrected chi connectivity index (χ1v) is 12.6. The molecule has 190 valence electrons. The Balaban J connectivity index is 0.000000583. The molecule has 6 nitrogen and oxygen atoms in total. The zero-order valence-corrected chi connectivity index (χ0v) is 23.0. The molecule has 3 N–H and O–H groups in total. The van der Waals surface area contributed by atoms with E-state index in [1.54, 1.807) is 6.20 Å². The molecule has 2 aromatic carbocycles. The minimum atomic E-state index is 0.458. The number of pyridine rings is 1. The third kappa shape index (κ3) is 7.62. The Kier molecular flexibility index (Phi) is 11.5. The lowest BCUT2D eigenvalue weighted by molar-refractivity contribution is 0.636. The Hall–Kier alpha value is -3.25. The molecular formula is C27H32ClFN6S. The molecular weight excluding hydrogens is 495 g/mol. The van der Waals surface area contributed by atoms with Crippen molar-refractivity contribution in [1.82, 2.24) is 15.3 Å². The van der Waals surface area contributed by atoms with E-state index in [1.165, 1.54) is 23.3 Å². The molecule has 0 saturated heterocycles. The van der Waals surface area contributed by atoms with Gasteiger partial charge in [0.25, 0.3) is 0 Å². The van der Waals surface area contributed by atoms with Crippen LogP contribution in [0.5, 0.6) is 0 Å². The zero-order chi connectivity index (χ0) is 26.7. The highest BCUT2D eigenvalue weighted by molar-refractivity contribution is 7.22. The summed E-state index contributed by atoms with van der Waals surface area (Å²) in [5, 5.41) is 20.7. The number of anilines is 4. The first-order valence-electron chi connectivity index (χ1n) is 11.5. The van der Waals surface area contributed by atoms with Gasteiger partial charge in [0.05, 0.1) is 18.4 Å². The number of thiazole rings is 1. The van der Waals surface area contributed by atoms with Gasteiger partial charge in [-0.1, -0.05) is 53.6 Å². The van der Waals surface area contributed by atoms with Gasteiger partial charge in [-0.2, -0.15) is 10.2 Å². The van der Waals surface area contributed by atoms with Gasteiger partial charge in [0, 0.05) is 22.6 Å². The molecule has 0 bridgehead atoms. The maximum Gasteiger partial charge on any atom is 0.189 e. The predicted molar refractivity (Wildman–Crippen MR) is 152 cm³/mol. The number of aryl methyl sites for hydroxylation is 3. The Labute approximate surface area is 221 Å². The summed E-state index contributed by atoms with van der Waals surface area (Å²) in [6.07, 6.45) is 2.78. The zero-order valence-electron chi connectivity index (χ0n) is 21.5. The summed E-state index contributed by atoms with van der Waals surface area (Å²) in [5.74, 6) is 0. The molecule has 2 heterocycles. The maximum atomic E-state index is 9.60. The minimum Gasteiger partial charge on any atom is -0.353 e. The number of nitriles is 1. The highest BCUT2D eigenvalue weighted by Gasteiger charge is 2.16. The molecule has 0 aliphatic heterocycles. The number of fused-ring (bicyclic) bond motifs is 1. The van der Waals surface area contributed by atoms with E-state index in [1.807, 2.05) is 64.2 Å². The lowest BCUT2D eigenvalue weighted by atomic mass is 10.1. The summed E-state index contributed by atoms with van der Waals surface area (Å²) in [5.41, 5.74) is 6.78. The summed E-state index contributed by atoms with van der Waals surface area (Å²) < 4.78 is 10.3. The van der Waals surface area contributed by atoms with Gasteiger partial charge in [0.15, 0.2) is 10.8 Å². The average Bonchev–Trinajstić information content (AvgIpc) is 3.29. The third-order valence-electron chi connectivity index (χ3n) is 5.11. The van der Waals surface area contributed by atoms with Crippen LogP contribution in [0, 0.1) is 32.1 Å². The van der Waals surface area contributed by atoms with Crippen molar-refractivity contribution in [2.24, 2.45) is 0 Å². The quantitative estimate of drug-likeness (QED) is 0.237. The lowest BCUT2D eigenvalue weighted by Crippen LogP contribution is -2.04. The normalized spacial score (nSPS) is 9.97. The Morgan fingerprint density at radius 2 is 1.75 bits per heavy atom. The van der Waals surface area contributed by atoms with E-state index in [0.717, 1.165) is 33.7 Å². The van der Waals surface area contributed by atoms with Crippen LogP contribution >= 0.6 is 22.9 Å². The first-order chi connectivity index (χ1) is 17.4. The molecule has 0 aliphatic carbocycles. The second-order valence-electron chi connectivity index (χ2n) is 7.97. The van der Waals surface area contributed by atoms with Crippen molar-refractivity contribution in [3.63, 3.8) is 0 Å². The van der Waals surface area contributed by atoms with Gasteiger partial charge in [0.1, 0.15) is 10.8 Å². The SMILES string of the molecule is CCCNC.CF.Cc1ccc(Nc2nc3ncc(C#N)c(Nc4cc(Cl)c(C)cc4C)c3s2)cc1. The summed E-state index contributed by atoms with van der Waals surface area (Å²) in [6, 6.07) is 14.2. The number of nitrogens with zero attached hydrogens (tertiary/aromatic N) is 3. The molecule has 0 unspecified atom stereocenters. The molecule has 0 saturated carbocycles. The minimum absolute atomic E-state index is 0.458. The van der Waals surface area contributed by atoms with Crippen molar-refractivity contribution in [3.8, 4) is 6.07 Å². The van der Waals surface area contributed by atoms with Crippen molar-refractivity contribution >= 4 is 55.5 Å². The fourth-order valence-corrected chi connectivity index (χ4v) is 4.35. The number of rotatable bonds is 6. The van der Waals surface area contributed by atoms with E-state index in [9.17, 15) is 9.65 Å². The molecule has 9 heteroatoms. The average molecular weight is 527 g/mol. The summed E-state index contributed by atoms with van der Waals surface area (Å²) in [6.45, 7) is 9.31. The van der Waals surface area contributed by atoms with Gasteiger partial charge >= 0.3 is 0 Å². The molecule has 2 aromatic heterocycles. The Bertz CT molecular complexity index is 1310. The topological polar surface area (TPSA) is 85.7 Å². The van der Waals surface area contributed by atoms with Crippen LogP contribution in [0.15, 0.2) is 42.6 Å². The molecule has 0 aliphatic rings. The van der Waals surface area contributed by atoms with Crippen LogP contribution in [0.1, 0.15) is 35.6 Å². The highest BCUT2D eigenvalue weighted by Crippen LogP contribution is 2.37. The van der Waals surface area contributed by atoms with Crippen LogP contribution in [0.4, 0.5) is 26.6 Å². The van der Waals surface area contributed by atoms with E-state index in [-0.39, 0.29) is 0 Å². The third-order valence-corrected chi connectivity index (χ3v) is 6.49. The molecule has 4 aromatic rings.